The molecule has 1 aromatic heterocycles. The van der Waals surface area contributed by atoms with Crippen LogP contribution in [-0.2, 0) is 17.9 Å². The zero-order valence-electron chi connectivity index (χ0n) is 13.5. The molecule has 3 rings (SSSR count). The van der Waals surface area contributed by atoms with Crippen molar-refractivity contribution in [1.82, 2.24) is 14.9 Å². The maximum Gasteiger partial charge on any atom is 0.247 e. The number of nitrogens with two attached hydrogens (primary N) is 1. The van der Waals surface area contributed by atoms with E-state index in [1.807, 2.05) is 12.1 Å². The minimum Gasteiger partial charge on any atom is -0.493 e. The van der Waals surface area contributed by atoms with Gasteiger partial charge in [0, 0.05) is 24.4 Å². The molecule has 7 nitrogen and oxygen atoms in total. The molecule has 1 amide bonds. The SMILES string of the molecule is COc1ccc(C=CC(=O)N2Cc3cnc(N)nc3C2)cc1OC. The van der Waals surface area contributed by atoms with Crippen molar-refractivity contribution in [2.24, 2.45) is 0 Å². The van der Waals surface area contributed by atoms with E-state index in [9.17, 15) is 4.79 Å². The molecule has 7 heteroatoms. The van der Waals surface area contributed by atoms with Crippen molar-refractivity contribution in [2.75, 3.05) is 20.0 Å². The fourth-order valence-electron chi connectivity index (χ4n) is 2.55. The summed E-state index contributed by atoms with van der Waals surface area (Å²) >= 11 is 0. The van der Waals surface area contributed by atoms with Crippen molar-refractivity contribution in [3.63, 3.8) is 0 Å². The highest BCUT2D eigenvalue weighted by Crippen LogP contribution is 2.28. The van der Waals surface area contributed by atoms with Crippen LogP contribution >= 0.6 is 0 Å². The van der Waals surface area contributed by atoms with Crippen LogP contribution in [0.25, 0.3) is 6.08 Å². The highest BCUT2D eigenvalue weighted by molar-refractivity contribution is 5.92. The molecule has 0 fully saturated rings. The van der Waals surface area contributed by atoms with Gasteiger partial charge in [0.2, 0.25) is 11.9 Å². The molecular formula is C17H18N4O3. The number of ether oxygens (including phenoxy) is 2. The molecule has 1 aliphatic rings. The Labute approximate surface area is 139 Å². The monoisotopic (exact) mass is 326 g/mol. The maximum atomic E-state index is 12.4. The summed E-state index contributed by atoms with van der Waals surface area (Å²) in [7, 11) is 3.16. The predicted octanol–water partition coefficient (Wildman–Crippen LogP) is 1.63. The summed E-state index contributed by atoms with van der Waals surface area (Å²) < 4.78 is 10.5. The van der Waals surface area contributed by atoms with Crippen molar-refractivity contribution in [3.8, 4) is 11.5 Å². The van der Waals surface area contributed by atoms with E-state index in [-0.39, 0.29) is 11.9 Å². The van der Waals surface area contributed by atoms with Crippen LogP contribution in [0.4, 0.5) is 5.95 Å². The molecule has 0 bridgehead atoms. The van der Waals surface area contributed by atoms with Gasteiger partial charge >= 0.3 is 0 Å². The first-order valence-corrected chi connectivity index (χ1v) is 7.40. The average Bonchev–Trinajstić information content (AvgIpc) is 3.02. The average molecular weight is 326 g/mol. The van der Waals surface area contributed by atoms with Gasteiger partial charge in [-0.3, -0.25) is 4.79 Å². The van der Waals surface area contributed by atoms with Crippen molar-refractivity contribution >= 4 is 17.9 Å². The lowest BCUT2D eigenvalue weighted by atomic mass is 10.2. The molecule has 2 N–H and O–H groups in total. The second-order valence-electron chi connectivity index (χ2n) is 5.34. The highest BCUT2D eigenvalue weighted by Gasteiger charge is 2.23. The van der Waals surface area contributed by atoms with Gasteiger partial charge in [0.1, 0.15) is 0 Å². The number of aromatic nitrogens is 2. The van der Waals surface area contributed by atoms with Gasteiger partial charge < -0.3 is 20.1 Å². The Kier molecular flexibility index (Phi) is 4.33. The summed E-state index contributed by atoms with van der Waals surface area (Å²) in [4.78, 5) is 22.2. The molecule has 2 heterocycles. The molecule has 0 saturated carbocycles. The summed E-state index contributed by atoms with van der Waals surface area (Å²) in [6.07, 6.45) is 4.94. The normalized spacial score (nSPS) is 13.2. The first-order chi connectivity index (χ1) is 11.6. The largest absolute Gasteiger partial charge is 0.493 e. The van der Waals surface area contributed by atoms with E-state index in [4.69, 9.17) is 15.2 Å². The molecule has 0 saturated heterocycles. The fourth-order valence-corrected chi connectivity index (χ4v) is 2.55. The number of benzene rings is 1. The predicted molar refractivity (Wildman–Crippen MR) is 89.3 cm³/mol. The highest BCUT2D eigenvalue weighted by atomic mass is 16.5. The second kappa shape index (κ2) is 6.57. The standard InChI is InChI=1S/C17H18N4O3/c1-23-14-5-3-11(7-15(14)24-2)4-6-16(22)21-9-12-8-19-17(18)20-13(12)10-21/h3-8H,9-10H2,1-2H3,(H2,18,19,20). The number of fused-ring (bicyclic) bond motifs is 1. The van der Waals surface area contributed by atoms with Crippen LogP contribution in [0.15, 0.2) is 30.5 Å². The number of amides is 1. The van der Waals surface area contributed by atoms with Gasteiger partial charge in [-0.1, -0.05) is 6.07 Å². The lowest BCUT2D eigenvalue weighted by Gasteiger charge is -2.12. The quantitative estimate of drug-likeness (QED) is 0.859. The van der Waals surface area contributed by atoms with Gasteiger partial charge in [-0.2, -0.15) is 0 Å². The molecule has 0 aliphatic carbocycles. The molecule has 0 spiro atoms. The number of nitrogens with zero attached hydrogens (tertiary/aromatic N) is 3. The lowest BCUT2D eigenvalue weighted by Crippen LogP contribution is -2.23. The Bertz CT molecular complexity index is 804. The van der Waals surface area contributed by atoms with Gasteiger partial charge in [0.25, 0.3) is 0 Å². The molecule has 0 unspecified atom stereocenters. The number of carbonyl (C=O) groups excluding carboxylic acids is 1. The number of carbonyl (C=O) groups is 1. The number of methoxy groups -OCH3 is 2. The van der Waals surface area contributed by atoms with E-state index >= 15 is 0 Å². The Morgan fingerprint density at radius 2 is 2.04 bits per heavy atom. The smallest absolute Gasteiger partial charge is 0.247 e. The molecule has 0 radical (unpaired) electrons. The minimum absolute atomic E-state index is 0.0960. The number of nitrogen functional groups attached to an aromatic ring is 1. The van der Waals surface area contributed by atoms with Crippen LogP contribution in [0.3, 0.4) is 0 Å². The molecule has 1 aromatic carbocycles. The zero-order valence-corrected chi connectivity index (χ0v) is 13.5. The molecule has 0 atom stereocenters. The Morgan fingerprint density at radius 1 is 1.25 bits per heavy atom. The van der Waals surface area contributed by atoms with Gasteiger partial charge in [-0.15, -0.1) is 0 Å². The van der Waals surface area contributed by atoms with Crippen LogP contribution < -0.4 is 15.2 Å². The molecule has 124 valence electrons. The van der Waals surface area contributed by atoms with E-state index < -0.39 is 0 Å². The van der Waals surface area contributed by atoms with E-state index in [0.29, 0.717) is 24.6 Å². The molecular weight excluding hydrogens is 308 g/mol. The van der Waals surface area contributed by atoms with Gasteiger partial charge in [-0.05, 0) is 23.8 Å². The Balaban J connectivity index is 1.70. The van der Waals surface area contributed by atoms with Crippen molar-refractivity contribution in [2.45, 2.75) is 13.1 Å². The van der Waals surface area contributed by atoms with E-state index in [1.54, 1.807) is 37.5 Å². The van der Waals surface area contributed by atoms with Crippen LogP contribution in [0, 0.1) is 0 Å². The third-order valence-electron chi connectivity index (χ3n) is 3.81. The second-order valence-corrected chi connectivity index (χ2v) is 5.34. The third kappa shape index (κ3) is 3.15. The number of anilines is 1. The lowest BCUT2D eigenvalue weighted by molar-refractivity contribution is -0.126. The third-order valence-corrected chi connectivity index (χ3v) is 3.81. The van der Waals surface area contributed by atoms with Gasteiger partial charge in [0.15, 0.2) is 11.5 Å². The maximum absolute atomic E-state index is 12.4. The first kappa shape index (κ1) is 15.8. The van der Waals surface area contributed by atoms with Crippen LogP contribution in [0.5, 0.6) is 11.5 Å². The van der Waals surface area contributed by atoms with Crippen molar-refractivity contribution in [1.29, 1.82) is 0 Å². The summed E-state index contributed by atoms with van der Waals surface area (Å²) in [5.74, 6) is 1.39. The number of hydrogen-bond acceptors (Lipinski definition) is 6. The summed E-state index contributed by atoms with van der Waals surface area (Å²) in [6.45, 7) is 0.932. The topological polar surface area (TPSA) is 90.6 Å². The Morgan fingerprint density at radius 3 is 2.79 bits per heavy atom. The van der Waals surface area contributed by atoms with Gasteiger partial charge in [-0.25, -0.2) is 9.97 Å². The van der Waals surface area contributed by atoms with Crippen LogP contribution in [-0.4, -0.2) is 35.0 Å². The molecule has 24 heavy (non-hydrogen) atoms. The van der Waals surface area contributed by atoms with E-state index in [0.717, 1.165) is 16.8 Å². The fraction of sp³-hybridized carbons (Fsp3) is 0.235. The van der Waals surface area contributed by atoms with Gasteiger partial charge in [0.05, 0.1) is 26.5 Å². The van der Waals surface area contributed by atoms with Crippen LogP contribution in [0.2, 0.25) is 0 Å². The number of hydrogen-bond donors (Lipinski definition) is 1. The summed E-state index contributed by atoms with van der Waals surface area (Å²) in [5, 5.41) is 0. The zero-order chi connectivity index (χ0) is 17.1. The minimum atomic E-state index is -0.0960. The van der Waals surface area contributed by atoms with Crippen LogP contribution in [0.1, 0.15) is 16.8 Å². The number of rotatable bonds is 4. The molecule has 2 aromatic rings. The van der Waals surface area contributed by atoms with Crippen molar-refractivity contribution in [3.05, 3.63) is 47.3 Å². The van der Waals surface area contributed by atoms with E-state index in [1.165, 1.54) is 6.08 Å². The molecule has 1 aliphatic heterocycles. The van der Waals surface area contributed by atoms with Crippen molar-refractivity contribution < 1.29 is 14.3 Å². The summed E-state index contributed by atoms with van der Waals surface area (Å²) in [6, 6.07) is 5.47. The Hall–Kier alpha value is -3.09. The van der Waals surface area contributed by atoms with E-state index in [2.05, 4.69) is 9.97 Å². The first-order valence-electron chi connectivity index (χ1n) is 7.40. The summed E-state index contributed by atoms with van der Waals surface area (Å²) in [5.41, 5.74) is 8.15.